The lowest BCUT2D eigenvalue weighted by Gasteiger charge is -2.13. The monoisotopic (exact) mass is 259 g/mol. The summed E-state index contributed by atoms with van der Waals surface area (Å²) in [7, 11) is 0. The van der Waals surface area contributed by atoms with Crippen LogP contribution < -0.4 is 10.9 Å². The van der Waals surface area contributed by atoms with Gasteiger partial charge in [0, 0.05) is 6.04 Å². The molecule has 1 atom stereocenters. The van der Waals surface area contributed by atoms with Crippen molar-refractivity contribution in [2.75, 3.05) is 5.32 Å². The average Bonchev–Trinajstić information content (AvgIpc) is 2.13. The number of anilines is 1. The molecule has 0 amide bonds. The Bertz CT molecular complexity index is 350. The average molecular weight is 260 g/mol. The van der Waals surface area contributed by atoms with Crippen LogP contribution in [0, 0.1) is 0 Å². The summed E-state index contributed by atoms with van der Waals surface area (Å²) in [5.41, 5.74) is -0.161. The first kappa shape index (κ1) is 11.2. The summed E-state index contributed by atoms with van der Waals surface area (Å²) in [4.78, 5) is 17.7. The molecule has 0 saturated heterocycles. The zero-order valence-corrected chi connectivity index (χ0v) is 9.89. The molecular weight excluding hydrogens is 246 g/mol. The van der Waals surface area contributed by atoms with E-state index in [2.05, 4.69) is 45.1 Å². The fourth-order valence-corrected chi connectivity index (χ4v) is 1.55. The Morgan fingerprint density at radius 3 is 3.07 bits per heavy atom. The topological polar surface area (TPSA) is 57.8 Å². The van der Waals surface area contributed by atoms with E-state index in [1.54, 1.807) is 0 Å². The fraction of sp³-hybridized carbons (Fsp3) is 0.556. The van der Waals surface area contributed by atoms with Crippen molar-refractivity contribution in [1.82, 2.24) is 9.97 Å². The fourth-order valence-electron chi connectivity index (χ4n) is 1.22. The van der Waals surface area contributed by atoms with E-state index in [-0.39, 0.29) is 5.56 Å². The molecule has 5 heteroatoms. The minimum atomic E-state index is -0.161. The van der Waals surface area contributed by atoms with Gasteiger partial charge in [0.15, 0.2) is 0 Å². The van der Waals surface area contributed by atoms with Crippen molar-refractivity contribution >= 4 is 21.7 Å². The zero-order chi connectivity index (χ0) is 10.6. The summed E-state index contributed by atoms with van der Waals surface area (Å²) in [6.07, 6.45) is 3.56. The van der Waals surface area contributed by atoms with Crippen molar-refractivity contribution < 1.29 is 0 Å². The Morgan fingerprint density at radius 2 is 2.43 bits per heavy atom. The molecule has 0 bridgehead atoms. The van der Waals surface area contributed by atoms with Crippen LogP contribution in [0.25, 0.3) is 0 Å². The maximum Gasteiger partial charge on any atom is 0.267 e. The Labute approximate surface area is 91.3 Å². The summed E-state index contributed by atoms with van der Waals surface area (Å²) in [5.74, 6) is 0.606. The first-order chi connectivity index (χ1) is 6.65. The number of nitrogens with zero attached hydrogens (tertiary/aromatic N) is 1. The van der Waals surface area contributed by atoms with Crippen LogP contribution in [0.2, 0.25) is 0 Å². The number of hydrogen-bond donors (Lipinski definition) is 2. The molecule has 0 spiro atoms. The van der Waals surface area contributed by atoms with Gasteiger partial charge in [-0.2, -0.15) is 0 Å². The Morgan fingerprint density at radius 1 is 1.71 bits per heavy atom. The smallest absolute Gasteiger partial charge is 0.267 e. The van der Waals surface area contributed by atoms with Crippen LogP contribution in [0.4, 0.5) is 5.82 Å². The summed E-state index contributed by atoms with van der Waals surface area (Å²) < 4.78 is 0.461. The Balaban J connectivity index is 2.76. The van der Waals surface area contributed by atoms with E-state index in [1.807, 2.05) is 0 Å². The highest BCUT2D eigenvalue weighted by atomic mass is 79.9. The molecule has 0 aliphatic rings. The lowest BCUT2D eigenvalue weighted by molar-refractivity contribution is 0.686. The van der Waals surface area contributed by atoms with Crippen molar-refractivity contribution in [3.05, 3.63) is 21.2 Å². The number of rotatable bonds is 4. The molecule has 4 nitrogen and oxygen atoms in total. The standard InChI is InChI=1S/C9H14BrN3O/c1-3-4-6(2)13-8-7(10)9(14)12-5-11-8/h5-6H,3-4H2,1-2H3,(H2,11,12,13,14). The molecule has 2 N–H and O–H groups in total. The predicted molar refractivity (Wildman–Crippen MR) is 60.6 cm³/mol. The summed E-state index contributed by atoms with van der Waals surface area (Å²) in [5, 5.41) is 3.17. The van der Waals surface area contributed by atoms with Gasteiger partial charge in [0.25, 0.3) is 5.56 Å². The van der Waals surface area contributed by atoms with Gasteiger partial charge in [-0.05, 0) is 29.3 Å². The van der Waals surface area contributed by atoms with Crippen molar-refractivity contribution in [2.45, 2.75) is 32.7 Å². The summed E-state index contributed by atoms with van der Waals surface area (Å²) in [6, 6.07) is 0.325. The SMILES string of the molecule is CCCC(C)Nc1nc[nH]c(=O)c1Br. The number of H-pyrrole nitrogens is 1. The highest BCUT2D eigenvalue weighted by Gasteiger charge is 2.07. The van der Waals surface area contributed by atoms with Gasteiger partial charge < -0.3 is 10.3 Å². The molecule has 1 heterocycles. The molecule has 0 aromatic carbocycles. The van der Waals surface area contributed by atoms with Crippen molar-refractivity contribution in [3.8, 4) is 0 Å². The first-order valence-corrected chi connectivity index (χ1v) is 5.44. The van der Waals surface area contributed by atoms with E-state index in [4.69, 9.17) is 0 Å². The molecule has 0 radical (unpaired) electrons. The van der Waals surface area contributed by atoms with Gasteiger partial charge in [-0.1, -0.05) is 13.3 Å². The second kappa shape index (κ2) is 5.14. The van der Waals surface area contributed by atoms with E-state index in [0.29, 0.717) is 16.3 Å². The van der Waals surface area contributed by atoms with E-state index in [0.717, 1.165) is 12.8 Å². The van der Waals surface area contributed by atoms with Crippen LogP contribution in [0.5, 0.6) is 0 Å². The number of aromatic amines is 1. The second-order valence-corrected chi connectivity index (χ2v) is 4.02. The van der Waals surface area contributed by atoms with E-state index >= 15 is 0 Å². The minimum Gasteiger partial charge on any atom is -0.366 e. The lowest BCUT2D eigenvalue weighted by Crippen LogP contribution is -2.19. The third kappa shape index (κ3) is 2.83. The highest BCUT2D eigenvalue weighted by Crippen LogP contribution is 2.15. The molecule has 1 aromatic heterocycles. The van der Waals surface area contributed by atoms with E-state index in [1.165, 1.54) is 6.33 Å². The van der Waals surface area contributed by atoms with E-state index < -0.39 is 0 Å². The first-order valence-electron chi connectivity index (χ1n) is 4.64. The van der Waals surface area contributed by atoms with Gasteiger partial charge >= 0.3 is 0 Å². The highest BCUT2D eigenvalue weighted by molar-refractivity contribution is 9.10. The van der Waals surface area contributed by atoms with Crippen molar-refractivity contribution in [1.29, 1.82) is 0 Å². The molecular formula is C9H14BrN3O. The number of aromatic nitrogens is 2. The van der Waals surface area contributed by atoms with E-state index in [9.17, 15) is 4.79 Å². The molecule has 1 aromatic rings. The lowest BCUT2D eigenvalue weighted by atomic mass is 10.2. The van der Waals surface area contributed by atoms with Crippen LogP contribution in [0.15, 0.2) is 15.6 Å². The van der Waals surface area contributed by atoms with Crippen molar-refractivity contribution in [2.24, 2.45) is 0 Å². The van der Waals surface area contributed by atoms with Crippen LogP contribution in [-0.2, 0) is 0 Å². The number of hydrogen-bond acceptors (Lipinski definition) is 3. The number of halogens is 1. The Kier molecular flexibility index (Phi) is 4.13. The quantitative estimate of drug-likeness (QED) is 0.871. The van der Waals surface area contributed by atoms with Crippen LogP contribution in [0.3, 0.4) is 0 Å². The van der Waals surface area contributed by atoms with Crippen molar-refractivity contribution in [3.63, 3.8) is 0 Å². The van der Waals surface area contributed by atoms with Gasteiger partial charge in [-0.25, -0.2) is 4.98 Å². The van der Waals surface area contributed by atoms with Gasteiger partial charge in [0.1, 0.15) is 10.3 Å². The molecule has 1 rings (SSSR count). The van der Waals surface area contributed by atoms with Gasteiger partial charge in [-0.15, -0.1) is 0 Å². The van der Waals surface area contributed by atoms with Gasteiger partial charge in [0.2, 0.25) is 0 Å². The van der Waals surface area contributed by atoms with Crippen LogP contribution in [0.1, 0.15) is 26.7 Å². The molecule has 0 fully saturated rings. The largest absolute Gasteiger partial charge is 0.366 e. The molecule has 1 unspecified atom stereocenters. The summed E-state index contributed by atoms with van der Waals surface area (Å²) in [6.45, 7) is 4.19. The molecule has 0 saturated carbocycles. The third-order valence-corrected chi connectivity index (χ3v) is 2.64. The Hall–Kier alpha value is -0.840. The summed E-state index contributed by atoms with van der Waals surface area (Å²) >= 11 is 3.19. The molecule has 78 valence electrons. The van der Waals surface area contributed by atoms with Gasteiger partial charge in [0.05, 0.1) is 6.33 Å². The predicted octanol–water partition coefficient (Wildman–Crippen LogP) is 2.13. The number of nitrogens with one attached hydrogen (secondary N) is 2. The van der Waals surface area contributed by atoms with Crippen LogP contribution >= 0.6 is 15.9 Å². The molecule has 0 aliphatic carbocycles. The molecule has 14 heavy (non-hydrogen) atoms. The maximum absolute atomic E-state index is 11.2. The maximum atomic E-state index is 11.2. The normalized spacial score (nSPS) is 12.5. The second-order valence-electron chi connectivity index (χ2n) is 3.23. The minimum absolute atomic E-state index is 0.161. The van der Waals surface area contributed by atoms with Crippen LogP contribution in [-0.4, -0.2) is 16.0 Å². The van der Waals surface area contributed by atoms with Gasteiger partial charge in [-0.3, -0.25) is 4.79 Å². The molecule has 0 aliphatic heterocycles. The third-order valence-electron chi connectivity index (χ3n) is 1.90. The zero-order valence-electron chi connectivity index (χ0n) is 8.30.